The molecule has 0 atom stereocenters. The van der Waals surface area contributed by atoms with E-state index in [2.05, 4.69) is 36.2 Å². The summed E-state index contributed by atoms with van der Waals surface area (Å²) in [6.45, 7) is 2.65. The summed E-state index contributed by atoms with van der Waals surface area (Å²) in [6, 6.07) is 21.7. The Morgan fingerprint density at radius 2 is 1.78 bits per heavy atom. The lowest BCUT2D eigenvalue weighted by Crippen LogP contribution is -2.24. The summed E-state index contributed by atoms with van der Waals surface area (Å²) < 4.78 is 5.77. The van der Waals surface area contributed by atoms with Gasteiger partial charge in [0.15, 0.2) is 0 Å². The molecule has 4 heteroatoms. The van der Waals surface area contributed by atoms with Crippen LogP contribution in [0.5, 0.6) is 5.75 Å². The van der Waals surface area contributed by atoms with Crippen molar-refractivity contribution >= 4 is 28.4 Å². The lowest BCUT2D eigenvalue weighted by molar-refractivity contribution is 0.0956. The fourth-order valence-corrected chi connectivity index (χ4v) is 3.51. The third kappa shape index (κ3) is 5.06. The number of rotatable bonds is 6. The van der Waals surface area contributed by atoms with Crippen molar-refractivity contribution in [2.24, 2.45) is 0 Å². The number of carbonyl (C=O) groups is 1. The SMILES string of the molecule is CCSc1ccccc1C(=O)NCC#CCOc1cccc2ccccc12. The van der Waals surface area contributed by atoms with Gasteiger partial charge in [-0.15, -0.1) is 11.8 Å². The number of ether oxygens (including phenoxy) is 1. The molecular weight excluding hydrogens is 354 g/mol. The molecule has 0 saturated carbocycles. The number of hydrogen-bond donors (Lipinski definition) is 1. The summed E-state index contributed by atoms with van der Waals surface area (Å²) in [4.78, 5) is 13.3. The van der Waals surface area contributed by atoms with E-state index in [0.29, 0.717) is 12.1 Å². The summed E-state index contributed by atoms with van der Waals surface area (Å²) >= 11 is 1.66. The van der Waals surface area contributed by atoms with Gasteiger partial charge >= 0.3 is 0 Å². The van der Waals surface area contributed by atoms with Crippen molar-refractivity contribution in [3.05, 3.63) is 72.3 Å². The molecule has 3 rings (SSSR count). The zero-order chi connectivity index (χ0) is 18.9. The number of fused-ring (bicyclic) bond motifs is 1. The summed E-state index contributed by atoms with van der Waals surface area (Å²) in [5, 5.41) is 5.05. The van der Waals surface area contributed by atoms with Gasteiger partial charge in [0.05, 0.1) is 12.1 Å². The van der Waals surface area contributed by atoms with Crippen molar-refractivity contribution in [1.29, 1.82) is 0 Å². The number of amides is 1. The van der Waals surface area contributed by atoms with E-state index in [4.69, 9.17) is 4.74 Å². The van der Waals surface area contributed by atoms with Crippen LogP contribution in [0.25, 0.3) is 10.8 Å². The van der Waals surface area contributed by atoms with E-state index in [1.54, 1.807) is 11.8 Å². The summed E-state index contributed by atoms with van der Waals surface area (Å²) in [6.07, 6.45) is 0. The first-order chi connectivity index (χ1) is 13.3. The average Bonchev–Trinajstić information content (AvgIpc) is 2.71. The molecule has 0 radical (unpaired) electrons. The molecule has 0 aromatic heterocycles. The zero-order valence-electron chi connectivity index (χ0n) is 15.2. The highest BCUT2D eigenvalue weighted by atomic mass is 32.2. The minimum atomic E-state index is -0.101. The van der Waals surface area contributed by atoms with E-state index in [9.17, 15) is 4.79 Å². The van der Waals surface area contributed by atoms with Gasteiger partial charge in [-0.3, -0.25) is 4.79 Å². The Labute approximate surface area is 164 Å². The van der Waals surface area contributed by atoms with Gasteiger partial charge in [-0.05, 0) is 29.3 Å². The van der Waals surface area contributed by atoms with Gasteiger partial charge in [-0.25, -0.2) is 0 Å². The van der Waals surface area contributed by atoms with Crippen molar-refractivity contribution in [3.63, 3.8) is 0 Å². The lowest BCUT2D eigenvalue weighted by Gasteiger charge is -2.07. The Bertz CT molecular complexity index is 983. The van der Waals surface area contributed by atoms with Crippen LogP contribution in [0.2, 0.25) is 0 Å². The van der Waals surface area contributed by atoms with Crippen molar-refractivity contribution in [1.82, 2.24) is 5.32 Å². The number of nitrogens with one attached hydrogen (secondary N) is 1. The van der Waals surface area contributed by atoms with Crippen LogP contribution in [-0.2, 0) is 0 Å². The molecule has 0 saturated heterocycles. The van der Waals surface area contributed by atoms with Crippen LogP contribution < -0.4 is 10.1 Å². The molecule has 3 nitrogen and oxygen atoms in total. The zero-order valence-corrected chi connectivity index (χ0v) is 16.0. The minimum absolute atomic E-state index is 0.101. The highest BCUT2D eigenvalue weighted by Gasteiger charge is 2.09. The maximum absolute atomic E-state index is 12.3. The Morgan fingerprint density at radius 3 is 2.67 bits per heavy atom. The maximum atomic E-state index is 12.3. The van der Waals surface area contributed by atoms with Crippen molar-refractivity contribution in [2.45, 2.75) is 11.8 Å². The largest absolute Gasteiger partial charge is 0.480 e. The van der Waals surface area contributed by atoms with Gasteiger partial charge in [0, 0.05) is 10.3 Å². The third-order valence-electron chi connectivity index (χ3n) is 3.94. The standard InChI is InChI=1S/C23H21NO2S/c1-2-27-22-15-6-5-13-20(22)23(25)24-16-7-8-17-26-21-14-9-11-18-10-3-4-12-19(18)21/h3-6,9-15H,2,16-17H2,1H3,(H,24,25). The molecule has 3 aromatic rings. The molecule has 1 amide bonds. The number of hydrogen-bond acceptors (Lipinski definition) is 3. The summed E-state index contributed by atoms with van der Waals surface area (Å²) in [5.41, 5.74) is 0.693. The molecule has 0 aliphatic rings. The molecule has 3 aromatic carbocycles. The minimum Gasteiger partial charge on any atom is -0.480 e. The third-order valence-corrected chi connectivity index (χ3v) is 4.90. The molecule has 0 fully saturated rings. The molecule has 0 aliphatic heterocycles. The molecule has 0 bridgehead atoms. The fraction of sp³-hybridized carbons (Fsp3) is 0.174. The summed E-state index contributed by atoms with van der Waals surface area (Å²) in [5.74, 6) is 7.54. The van der Waals surface area contributed by atoms with Crippen LogP contribution in [0.15, 0.2) is 71.6 Å². The molecule has 0 spiro atoms. The van der Waals surface area contributed by atoms with E-state index < -0.39 is 0 Å². The number of carbonyl (C=O) groups excluding carboxylic acids is 1. The van der Waals surface area contributed by atoms with Crippen molar-refractivity contribution in [2.75, 3.05) is 18.9 Å². The van der Waals surface area contributed by atoms with Gasteiger partial charge in [-0.2, -0.15) is 0 Å². The predicted molar refractivity (Wildman–Crippen MR) is 112 cm³/mol. The van der Waals surface area contributed by atoms with Gasteiger partial charge in [0.1, 0.15) is 12.4 Å². The monoisotopic (exact) mass is 375 g/mol. The molecule has 0 unspecified atom stereocenters. The van der Waals surface area contributed by atoms with Gasteiger partial charge in [0.2, 0.25) is 0 Å². The first-order valence-electron chi connectivity index (χ1n) is 8.86. The number of thioether (sulfide) groups is 1. The Morgan fingerprint density at radius 1 is 1.00 bits per heavy atom. The van der Waals surface area contributed by atoms with E-state index in [-0.39, 0.29) is 12.5 Å². The van der Waals surface area contributed by atoms with E-state index in [1.807, 2.05) is 54.6 Å². The molecular formula is C23H21NO2S. The van der Waals surface area contributed by atoms with Crippen LogP contribution >= 0.6 is 11.8 Å². The Kier molecular flexibility index (Phi) is 6.78. The van der Waals surface area contributed by atoms with Gasteiger partial charge < -0.3 is 10.1 Å². The molecule has 27 heavy (non-hydrogen) atoms. The smallest absolute Gasteiger partial charge is 0.253 e. The molecule has 0 heterocycles. The van der Waals surface area contributed by atoms with Crippen LogP contribution in [0.3, 0.4) is 0 Å². The van der Waals surface area contributed by atoms with Crippen LogP contribution in [0, 0.1) is 11.8 Å². The topological polar surface area (TPSA) is 38.3 Å². The maximum Gasteiger partial charge on any atom is 0.253 e. The van der Waals surface area contributed by atoms with Crippen LogP contribution in [-0.4, -0.2) is 24.8 Å². The van der Waals surface area contributed by atoms with E-state index >= 15 is 0 Å². The first kappa shape index (κ1) is 18.9. The number of benzene rings is 3. The quantitative estimate of drug-likeness (QED) is 0.498. The van der Waals surface area contributed by atoms with Crippen molar-refractivity contribution in [3.8, 4) is 17.6 Å². The second kappa shape index (κ2) is 9.70. The summed E-state index contributed by atoms with van der Waals surface area (Å²) in [7, 11) is 0. The second-order valence-corrected chi connectivity index (χ2v) is 7.04. The molecule has 1 N–H and O–H groups in total. The van der Waals surface area contributed by atoms with Crippen LogP contribution in [0.1, 0.15) is 17.3 Å². The Balaban J connectivity index is 1.52. The average molecular weight is 375 g/mol. The van der Waals surface area contributed by atoms with Gasteiger partial charge in [-0.1, -0.05) is 67.3 Å². The highest BCUT2D eigenvalue weighted by Crippen LogP contribution is 2.25. The lowest BCUT2D eigenvalue weighted by atomic mass is 10.1. The molecule has 0 aliphatic carbocycles. The second-order valence-electron chi connectivity index (χ2n) is 5.73. The van der Waals surface area contributed by atoms with Crippen molar-refractivity contribution < 1.29 is 9.53 Å². The first-order valence-corrected chi connectivity index (χ1v) is 9.84. The molecule has 136 valence electrons. The predicted octanol–water partition coefficient (Wildman–Crippen LogP) is 4.76. The van der Waals surface area contributed by atoms with Crippen LogP contribution in [0.4, 0.5) is 0 Å². The van der Waals surface area contributed by atoms with E-state index in [1.165, 1.54) is 0 Å². The van der Waals surface area contributed by atoms with E-state index in [0.717, 1.165) is 27.2 Å². The fourth-order valence-electron chi connectivity index (χ4n) is 2.70. The normalized spacial score (nSPS) is 10.1. The Hall–Kier alpha value is -2.90. The highest BCUT2D eigenvalue weighted by molar-refractivity contribution is 7.99. The van der Waals surface area contributed by atoms with Gasteiger partial charge in [0.25, 0.3) is 5.91 Å².